The van der Waals surface area contributed by atoms with Gasteiger partial charge in [0.1, 0.15) is 0 Å². The molecular formula is C13H22N2O2S. The number of nitrogens with two attached hydrogens (primary N) is 1. The zero-order valence-corrected chi connectivity index (χ0v) is 11.8. The van der Waals surface area contributed by atoms with Crippen LogP contribution >= 0.6 is 0 Å². The molecule has 0 heterocycles. The maximum absolute atomic E-state index is 12.0. The number of nitrogens with one attached hydrogen (secondary N) is 1. The lowest BCUT2D eigenvalue weighted by molar-refractivity contribution is 0.441. The van der Waals surface area contributed by atoms with E-state index in [0.717, 1.165) is 12.0 Å². The molecule has 0 saturated heterocycles. The fourth-order valence-electron chi connectivity index (χ4n) is 1.75. The average molecular weight is 270 g/mol. The van der Waals surface area contributed by atoms with E-state index in [0.29, 0.717) is 6.42 Å². The van der Waals surface area contributed by atoms with Crippen molar-refractivity contribution in [2.24, 2.45) is 5.73 Å². The number of hydrogen-bond acceptors (Lipinski definition) is 3. The Hall–Kier alpha value is -0.910. The van der Waals surface area contributed by atoms with Gasteiger partial charge < -0.3 is 5.73 Å². The second kappa shape index (κ2) is 6.31. The Bertz CT molecular complexity index is 459. The average Bonchev–Trinajstić information content (AvgIpc) is 2.37. The van der Waals surface area contributed by atoms with Crippen molar-refractivity contribution in [3.8, 4) is 0 Å². The maximum atomic E-state index is 12.0. The van der Waals surface area contributed by atoms with Crippen LogP contribution in [0.5, 0.6) is 0 Å². The molecule has 0 aliphatic rings. The predicted octanol–water partition coefficient (Wildman–Crippen LogP) is 1.58. The van der Waals surface area contributed by atoms with Gasteiger partial charge in [-0.05, 0) is 18.9 Å². The highest BCUT2D eigenvalue weighted by Crippen LogP contribution is 2.20. The summed E-state index contributed by atoms with van der Waals surface area (Å²) in [7, 11) is -3.29. The lowest BCUT2D eigenvalue weighted by Gasteiger charge is -2.29. The maximum Gasteiger partial charge on any atom is 0.212 e. The van der Waals surface area contributed by atoms with Gasteiger partial charge in [0.2, 0.25) is 10.0 Å². The molecule has 4 nitrogen and oxygen atoms in total. The molecular weight excluding hydrogens is 248 g/mol. The van der Waals surface area contributed by atoms with Crippen molar-refractivity contribution in [1.29, 1.82) is 0 Å². The Morgan fingerprint density at radius 2 is 1.89 bits per heavy atom. The van der Waals surface area contributed by atoms with Gasteiger partial charge in [-0.1, -0.05) is 43.7 Å². The Labute approximate surface area is 110 Å². The van der Waals surface area contributed by atoms with E-state index in [4.69, 9.17) is 5.73 Å². The Balaban J connectivity index is 2.90. The van der Waals surface area contributed by atoms with Crippen LogP contribution in [0.2, 0.25) is 0 Å². The lowest BCUT2D eigenvalue weighted by atomic mass is 9.94. The van der Waals surface area contributed by atoms with Crippen molar-refractivity contribution in [2.45, 2.75) is 32.2 Å². The van der Waals surface area contributed by atoms with E-state index < -0.39 is 15.6 Å². The molecule has 0 aromatic heterocycles. The van der Waals surface area contributed by atoms with Gasteiger partial charge in [-0.2, -0.15) is 0 Å². The number of sulfonamides is 1. The van der Waals surface area contributed by atoms with Crippen LogP contribution in [0.1, 0.15) is 32.3 Å². The fraction of sp³-hybridized carbons (Fsp3) is 0.538. The van der Waals surface area contributed by atoms with Crippen LogP contribution in [0, 0.1) is 0 Å². The highest BCUT2D eigenvalue weighted by Gasteiger charge is 2.29. The number of rotatable bonds is 7. The van der Waals surface area contributed by atoms with Crippen LogP contribution in [0.15, 0.2) is 30.3 Å². The number of benzene rings is 1. The SMILES string of the molecule is CCCCS(=O)(=O)NC(C)(CN)c1ccccc1. The largest absolute Gasteiger partial charge is 0.328 e. The van der Waals surface area contributed by atoms with Crippen molar-refractivity contribution in [3.63, 3.8) is 0 Å². The molecule has 1 unspecified atom stereocenters. The summed E-state index contributed by atoms with van der Waals surface area (Å²) in [5.74, 6) is 0.145. The zero-order chi connectivity index (χ0) is 13.6. The van der Waals surface area contributed by atoms with Crippen LogP contribution < -0.4 is 10.5 Å². The van der Waals surface area contributed by atoms with E-state index in [1.54, 1.807) is 0 Å². The molecule has 0 spiro atoms. The van der Waals surface area contributed by atoms with E-state index in [1.807, 2.05) is 44.2 Å². The van der Waals surface area contributed by atoms with Gasteiger partial charge >= 0.3 is 0 Å². The minimum Gasteiger partial charge on any atom is -0.328 e. The third-order valence-corrected chi connectivity index (χ3v) is 4.55. The third-order valence-electron chi connectivity index (χ3n) is 2.97. The molecule has 0 radical (unpaired) electrons. The van der Waals surface area contributed by atoms with Gasteiger partial charge in [-0.15, -0.1) is 0 Å². The smallest absolute Gasteiger partial charge is 0.212 e. The van der Waals surface area contributed by atoms with Crippen molar-refractivity contribution >= 4 is 10.0 Å². The molecule has 0 aliphatic carbocycles. The van der Waals surface area contributed by atoms with Gasteiger partial charge in [0.05, 0.1) is 11.3 Å². The quantitative estimate of drug-likeness (QED) is 0.790. The zero-order valence-electron chi connectivity index (χ0n) is 11.0. The summed E-state index contributed by atoms with van der Waals surface area (Å²) in [6.45, 7) is 4.00. The van der Waals surface area contributed by atoms with Crippen molar-refractivity contribution in [2.75, 3.05) is 12.3 Å². The summed E-state index contributed by atoms with van der Waals surface area (Å²) in [5.41, 5.74) is 5.89. The van der Waals surface area contributed by atoms with Crippen molar-refractivity contribution in [1.82, 2.24) is 4.72 Å². The minimum absolute atomic E-state index is 0.145. The van der Waals surface area contributed by atoms with E-state index in [-0.39, 0.29) is 12.3 Å². The summed E-state index contributed by atoms with van der Waals surface area (Å²) in [6.07, 6.45) is 1.51. The highest BCUT2D eigenvalue weighted by atomic mass is 32.2. The van der Waals surface area contributed by atoms with Crippen LogP contribution in [-0.4, -0.2) is 20.7 Å². The van der Waals surface area contributed by atoms with Gasteiger partial charge in [-0.25, -0.2) is 13.1 Å². The molecule has 102 valence electrons. The summed E-state index contributed by atoms with van der Waals surface area (Å²) in [6, 6.07) is 9.42. The van der Waals surface area contributed by atoms with Crippen LogP contribution in [0.4, 0.5) is 0 Å². The van der Waals surface area contributed by atoms with Crippen LogP contribution in [-0.2, 0) is 15.6 Å². The van der Waals surface area contributed by atoms with Crippen LogP contribution in [0.25, 0.3) is 0 Å². The summed E-state index contributed by atoms with van der Waals surface area (Å²) in [4.78, 5) is 0. The third kappa shape index (κ3) is 4.08. The molecule has 18 heavy (non-hydrogen) atoms. The van der Waals surface area contributed by atoms with Gasteiger partial charge in [0.15, 0.2) is 0 Å². The molecule has 0 saturated carbocycles. The first-order valence-corrected chi connectivity index (χ1v) is 7.86. The van der Waals surface area contributed by atoms with Crippen molar-refractivity contribution < 1.29 is 8.42 Å². The minimum atomic E-state index is -3.29. The van der Waals surface area contributed by atoms with E-state index in [9.17, 15) is 8.42 Å². The number of hydrogen-bond donors (Lipinski definition) is 2. The second-order valence-electron chi connectivity index (χ2n) is 4.68. The van der Waals surface area contributed by atoms with E-state index >= 15 is 0 Å². The van der Waals surface area contributed by atoms with E-state index in [1.165, 1.54) is 0 Å². The molecule has 1 rings (SSSR count). The molecule has 1 atom stereocenters. The summed E-state index contributed by atoms with van der Waals surface area (Å²) < 4.78 is 26.7. The molecule has 1 aromatic carbocycles. The highest BCUT2D eigenvalue weighted by molar-refractivity contribution is 7.89. The molecule has 0 amide bonds. The molecule has 5 heteroatoms. The Kier molecular flexibility index (Phi) is 5.31. The first-order valence-electron chi connectivity index (χ1n) is 6.21. The van der Waals surface area contributed by atoms with Gasteiger partial charge in [-0.3, -0.25) is 0 Å². The normalized spacial score (nSPS) is 15.3. The second-order valence-corrected chi connectivity index (χ2v) is 6.52. The first kappa shape index (κ1) is 15.1. The van der Waals surface area contributed by atoms with Gasteiger partial charge in [0, 0.05) is 6.54 Å². The molecule has 0 fully saturated rings. The molecule has 0 aliphatic heterocycles. The van der Waals surface area contributed by atoms with Crippen molar-refractivity contribution in [3.05, 3.63) is 35.9 Å². The Morgan fingerprint density at radius 3 is 2.39 bits per heavy atom. The standard InChI is InChI=1S/C13H22N2O2S/c1-3-4-10-18(16,17)15-13(2,11-14)12-8-6-5-7-9-12/h5-9,15H,3-4,10-11,14H2,1-2H3. The van der Waals surface area contributed by atoms with Gasteiger partial charge in [0.25, 0.3) is 0 Å². The summed E-state index contributed by atoms with van der Waals surface area (Å²) in [5, 5.41) is 0. The lowest BCUT2D eigenvalue weighted by Crippen LogP contribution is -2.49. The first-order chi connectivity index (χ1) is 8.43. The molecule has 1 aromatic rings. The monoisotopic (exact) mass is 270 g/mol. The number of unbranched alkanes of at least 4 members (excludes halogenated alkanes) is 1. The van der Waals surface area contributed by atoms with Crippen LogP contribution in [0.3, 0.4) is 0 Å². The summed E-state index contributed by atoms with van der Waals surface area (Å²) >= 11 is 0. The molecule has 3 N–H and O–H groups in total. The Morgan fingerprint density at radius 1 is 1.28 bits per heavy atom. The van der Waals surface area contributed by atoms with E-state index in [2.05, 4.69) is 4.72 Å². The molecule has 0 bridgehead atoms. The topological polar surface area (TPSA) is 72.2 Å². The predicted molar refractivity (Wildman–Crippen MR) is 74.7 cm³/mol. The fourth-order valence-corrected chi connectivity index (χ4v) is 3.41.